The molecule has 0 atom stereocenters. The molecule has 3 rings (SSSR count). The van der Waals surface area contributed by atoms with Gasteiger partial charge in [0.05, 0.1) is 0 Å². The lowest BCUT2D eigenvalue weighted by atomic mass is 9.93. The minimum absolute atomic E-state index is 0.138. The molecule has 1 aliphatic heterocycles. The van der Waals surface area contributed by atoms with Crippen LogP contribution in [0.3, 0.4) is 0 Å². The number of amides is 1. The van der Waals surface area contributed by atoms with Gasteiger partial charge in [-0.1, -0.05) is 30.3 Å². The zero-order chi connectivity index (χ0) is 17.1. The van der Waals surface area contributed by atoms with Crippen LogP contribution in [0.25, 0.3) is 11.3 Å². The van der Waals surface area contributed by atoms with E-state index >= 15 is 0 Å². The fraction of sp³-hybridized carbons (Fsp3) is 0.389. The SMILES string of the molecule is Cc1nc(C(=O)N2CCC(CC(=O)O)CC2)c(-c2ccccc2)o1. The minimum atomic E-state index is -0.779. The number of piperidine rings is 1. The van der Waals surface area contributed by atoms with Crippen molar-refractivity contribution in [3.8, 4) is 11.3 Å². The molecular formula is C18H20N2O4. The van der Waals surface area contributed by atoms with E-state index in [2.05, 4.69) is 4.98 Å². The van der Waals surface area contributed by atoms with Gasteiger partial charge in [-0.3, -0.25) is 9.59 Å². The van der Waals surface area contributed by atoms with Gasteiger partial charge in [0.15, 0.2) is 17.3 Å². The molecule has 0 aliphatic carbocycles. The fourth-order valence-corrected chi connectivity index (χ4v) is 3.09. The van der Waals surface area contributed by atoms with Crippen molar-refractivity contribution in [1.82, 2.24) is 9.88 Å². The maximum atomic E-state index is 12.8. The Hall–Kier alpha value is -2.63. The summed E-state index contributed by atoms with van der Waals surface area (Å²) in [4.78, 5) is 29.6. The lowest BCUT2D eigenvalue weighted by molar-refractivity contribution is -0.138. The Bertz CT molecular complexity index is 731. The number of carboxylic acids is 1. The maximum Gasteiger partial charge on any atom is 0.303 e. The lowest BCUT2D eigenvalue weighted by Gasteiger charge is -2.31. The molecule has 0 radical (unpaired) electrons. The summed E-state index contributed by atoms with van der Waals surface area (Å²) in [5, 5.41) is 8.88. The summed E-state index contributed by atoms with van der Waals surface area (Å²) in [7, 11) is 0. The molecule has 2 heterocycles. The van der Waals surface area contributed by atoms with Crippen molar-refractivity contribution in [2.45, 2.75) is 26.2 Å². The van der Waals surface area contributed by atoms with Crippen molar-refractivity contribution in [2.24, 2.45) is 5.92 Å². The molecule has 1 aromatic carbocycles. The summed E-state index contributed by atoms with van der Waals surface area (Å²) in [5.41, 5.74) is 1.15. The van der Waals surface area contributed by atoms with E-state index in [1.54, 1.807) is 11.8 Å². The summed E-state index contributed by atoms with van der Waals surface area (Å²) < 4.78 is 5.65. The number of likely N-dealkylation sites (tertiary alicyclic amines) is 1. The molecule has 6 nitrogen and oxygen atoms in total. The highest BCUT2D eigenvalue weighted by Crippen LogP contribution is 2.28. The summed E-state index contributed by atoms with van der Waals surface area (Å²) in [5.74, 6) is 0.153. The normalized spacial score (nSPS) is 15.5. The van der Waals surface area contributed by atoms with Crippen molar-refractivity contribution in [3.63, 3.8) is 0 Å². The number of nitrogens with zero attached hydrogens (tertiary/aromatic N) is 2. The Kier molecular flexibility index (Phi) is 4.64. The standard InChI is InChI=1S/C18H20N2O4/c1-12-19-16(17(24-12)14-5-3-2-4-6-14)18(23)20-9-7-13(8-10-20)11-15(21)22/h2-6,13H,7-11H2,1H3,(H,21,22). The van der Waals surface area contributed by atoms with Crippen LogP contribution in [0.15, 0.2) is 34.7 Å². The van der Waals surface area contributed by atoms with E-state index in [-0.39, 0.29) is 18.2 Å². The number of hydrogen-bond donors (Lipinski definition) is 1. The van der Waals surface area contributed by atoms with Crippen molar-refractivity contribution in [1.29, 1.82) is 0 Å². The van der Waals surface area contributed by atoms with Gasteiger partial charge in [-0.2, -0.15) is 0 Å². The Labute approximate surface area is 140 Å². The zero-order valence-electron chi connectivity index (χ0n) is 13.6. The van der Waals surface area contributed by atoms with Crippen LogP contribution in [0.4, 0.5) is 0 Å². The van der Waals surface area contributed by atoms with Crippen LogP contribution in [0.1, 0.15) is 35.6 Å². The molecule has 0 bridgehead atoms. The van der Waals surface area contributed by atoms with Gasteiger partial charge in [-0.25, -0.2) is 4.98 Å². The van der Waals surface area contributed by atoms with Crippen LogP contribution >= 0.6 is 0 Å². The quantitative estimate of drug-likeness (QED) is 0.933. The minimum Gasteiger partial charge on any atom is -0.481 e. The first-order valence-corrected chi connectivity index (χ1v) is 8.08. The first-order valence-electron chi connectivity index (χ1n) is 8.08. The molecular weight excluding hydrogens is 308 g/mol. The number of hydrogen-bond acceptors (Lipinski definition) is 4. The van der Waals surface area contributed by atoms with Crippen LogP contribution in [-0.2, 0) is 4.79 Å². The van der Waals surface area contributed by atoms with Gasteiger partial charge in [0, 0.05) is 32.0 Å². The summed E-state index contributed by atoms with van der Waals surface area (Å²) >= 11 is 0. The molecule has 1 N–H and O–H groups in total. The van der Waals surface area contributed by atoms with E-state index in [1.807, 2.05) is 30.3 Å². The number of carbonyl (C=O) groups excluding carboxylic acids is 1. The molecule has 1 aromatic heterocycles. The van der Waals surface area contributed by atoms with E-state index in [9.17, 15) is 9.59 Å². The Morgan fingerprint density at radius 1 is 1.25 bits per heavy atom. The lowest BCUT2D eigenvalue weighted by Crippen LogP contribution is -2.39. The molecule has 126 valence electrons. The van der Waals surface area contributed by atoms with Crippen molar-refractivity contribution in [2.75, 3.05) is 13.1 Å². The number of oxazole rings is 1. The second-order valence-corrected chi connectivity index (χ2v) is 6.11. The highest BCUT2D eigenvalue weighted by molar-refractivity contribution is 5.97. The number of rotatable bonds is 4. The number of aryl methyl sites for hydroxylation is 1. The van der Waals surface area contributed by atoms with Crippen molar-refractivity contribution < 1.29 is 19.1 Å². The van der Waals surface area contributed by atoms with Gasteiger partial charge >= 0.3 is 5.97 Å². The fourth-order valence-electron chi connectivity index (χ4n) is 3.09. The average molecular weight is 328 g/mol. The van der Waals surface area contributed by atoms with E-state index < -0.39 is 5.97 Å². The Morgan fingerprint density at radius 3 is 2.54 bits per heavy atom. The van der Waals surface area contributed by atoms with Gasteiger partial charge in [-0.05, 0) is 18.8 Å². The van der Waals surface area contributed by atoms with Gasteiger partial charge in [0.25, 0.3) is 5.91 Å². The Balaban J connectivity index is 1.76. The maximum absolute atomic E-state index is 12.8. The second-order valence-electron chi connectivity index (χ2n) is 6.11. The molecule has 0 spiro atoms. The number of carbonyl (C=O) groups is 2. The number of aliphatic carboxylic acids is 1. The predicted molar refractivity (Wildman–Crippen MR) is 87.6 cm³/mol. The highest BCUT2D eigenvalue weighted by Gasteiger charge is 2.29. The summed E-state index contributed by atoms with van der Waals surface area (Å²) in [6, 6.07) is 9.45. The zero-order valence-corrected chi connectivity index (χ0v) is 13.6. The van der Waals surface area contributed by atoms with Gasteiger partial charge in [0.2, 0.25) is 0 Å². The predicted octanol–water partition coefficient (Wildman–Crippen LogP) is 2.98. The molecule has 1 aliphatic rings. The topological polar surface area (TPSA) is 83.6 Å². The van der Waals surface area contributed by atoms with Gasteiger partial charge in [0.1, 0.15) is 0 Å². The summed E-state index contributed by atoms with van der Waals surface area (Å²) in [6.45, 7) is 2.83. The third kappa shape index (κ3) is 3.48. The van der Waals surface area contributed by atoms with E-state index in [0.717, 1.165) is 5.56 Å². The first kappa shape index (κ1) is 16.2. The monoisotopic (exact) mass is 328 g/mol. The van der Waals surface area contributed by atoms with Gasteiger partial charge in [-0.15, -0.1) is 0 Å². The third-order valence-electron chi connectivity index (χ3n) is 4.34. The Morgan fingerprint density at radius 2 is 1.92 bits per heavy atom. The number of benzene rings is 1. The molecule has 1 fully saturated rings. The number of carboxylic acid groups (broad SMARTS) is 1. The van der Waals surface area contributed by atoms with Crippen LogP contribution in [0, 0.1) is 12.8 Å². The van der Waals surface area contributed by atoms with E-state index in [1.165, 1.54) is 0 Å². The molecule has 2 aromatic rings. The molecule has 0 unspecified atom stereocenters. The summed E-state index contributed by atoms with van der Waals surface area (Å²) in [6.07, 6.45) is 1.57. The number of aromatic nitrogens is 1. The van der Waals surface area contributed by atoms with Crippen molar-refractivity contribution >= 4 is 11.9 Å². The third-order valence-corrected chi connectivity index (χ3v) is 4.34. The van der Waals surface area contributed by atoms with Crippen LogP contribution < -0.4 is 0 Å². The van der Waals surface area contributed by atoms with Crippen LogP contribution in [0.2, 0.25) is 0 Å². The smallest absolute Gasteiger partial charge is 0.303 e. The molecule has 24 heavy (non-hydrogen) atoms. The van der Waals surface area contributed by atoms with Crippen LogP contribution in [-0.4, -0.2) is 40.0 Å². The molecule has 6 heteroatoms. The average Bonchev–Trinajstić information content (AvgIpc) is 2.97. The van der Waals surface area contributed by atoms with Crippen molar-refractivity contribution in [3.05, 3.63) is 41.9 Å². The first-order chi connectivity index (χ1) is 11.5. The van der Waals surface area contributed by atoms with E-state index in [4.69, 9.17) is 9.52 Å². The second kappa shape index (κ2) is 6.86. The highest BCUT2D eigenvalue weighted by atomic mass is 16.4. The van der Waals surface area contributed by atoms with Crippen LogP contribution in [0.5, 0.6) is 0 Å². The molecule has 1 saturated heterocycles. The largest absolute Gasteiger partial charge is 0.481 e. The van der Waals surface area contributed by atoms with Gasteiger partial charge < -0.3 is 14.4 Å². The molecule has 1 amide bonds. The molecule has 0 saturated carbocycles. The van der Waals surface area contributed by atoms with E-state index in [0.29, 0.717) is 43.3 Å².